The van der Waals surface area contributed by atoms with Crippen LogP contribution in [0.5, 0.6) is 0 Å². The molecule has 0 amide bonds. The van der Waals surface area contributed by atoms with Crippen LogP contribution in [0.4, 0.5) is 0 Å². The summed E-state index contributed by atoms with van der Waals surface area (Å²) >= 11 is 0. The van der Waals surface area contributed by atoms with Crippen LogP contribution in [0.2, 0.25) is 0 Å². The van der Waals surface area contributed by atoms with Gasteiger partial charge < -0.3 is 14.9 Å². The van der Waals surface area contributed by atoms with Gasteiger partial charge in [0.25, 0.3) is 0 Å². The van der Waals surface area contributed by atoms with Crippen LogP contribution in [0.3, 0.4) is 0 Å². The Morgan fingerprint density at radius 3 is 2.31 bits per heavy atom. The number of carboxylic acids is 2. The number of fused-ring (bicyclic) bond motifs is 2. The van der Waals surface area contributed by atoms with Crippen LogP contribution in [-0.2, 0) is 14.3 Å². The van der Waals surface area contributed by atoms with Gasteiger partial charge in [0.15, 0.2) is 0 Å². The second-order valence-electron chi connectivity index (χ2n) is 3.19. The van der Waals surface area contributed by atoms with Crippen molar-refractivity contribution in [3.63, 3.8) is 0 Å². The third-order valence-electron chi connectivity index (χ3n) is 2.48. The van der Waals surface area contributed by atoms with E-state index < -0.39 is 18.0 Å². The Hall–Kier alpha value is -1.36. The van der Waals surface area contributed by atoms with E-state index in [-0.39, 0.29) is 17.1 Å². The van der Waals surface area contributed by atoms with Gasteiger partial charge in [-0.3, -0.25) is 0 Å². The summed E-state index contributed by atoms with van der Waals surface area (Å²) in [6, 6.07) is 0. The fraction of sp³-hybridized carbons (Fsp3) is 0.500. The first-order chi connectivity index (χ1) is 6.11. The second kappa shape index (κ2) is 2.56. The molecule has 2 unspecified atom stereocenters. The summed E-state index contributed by atoms with van der Waals surface area (Å²) in [4.78, 5) is 21.4. The normalized spacial score (nSPS) is 31.1. The van der Waals surface area contributed by atoms with Crippen LogP contribution in [0.25, 0.3) is 0 Å². The predicted octanol–water partition coefficient (Wildman–Crippen LogP) is -0.129. The van der Waals surface area contributed by atoms with Crippen molar-refractivity contribution in [2.75, 3.05) is 6.61 Å². The standard InChI is InChI=1S/C8H8O5/c9-7(10)5-3-1-4(13-2-3)6(5)8(11)12/h3-4H,1-2H2,(H,9,10)(H,11,12). The van der Waals surface area contributed by atoms with Crippen LogP contribution in [0.15, 0.2) is 11.1 Å². The Bertz CT molecular complexity index is 286. The zero-order chi connectivity index (χ0) is 9.59. The lowest BCUT2D eigenvalue weighted by Crippen LogP contribution is -2.23. The number of hydrogen-bond donors (Lipinski definition) is 2. The zero-order valence-corrected chi connectivity index (χ0v) is 6.69. The molecule has 2 N–H and O–H groups in total. The first kappa shape index (κ1) is 8.25. The molecule has 0 aromatic carbocycles. The molecular formula is C8H8O5. The average Bonchev–Trinajstić information content (AvgIpc) is 2.60. The van der Waals surface area contributed by atoms with Gasteiger partial charge in [-0.25, -0.2) is 9.59 Å². The molecule has 2 atom stereocenters. The van der Waals surface area contributed by atoms with Crippen molar-refractivity contribution < 1.29 is 24.5 Å². The molecule has 0 aromatic heterocycles. The van der Waals surface area contributed by atoms with Crippen molar-refractivity contribution in [2.45, 2.75) is 12.5 Å². The number of aliphatic carboxylic acids is 2. The van der Waals surface area contributed by atoms with Gasteiger partial charge >= 0.3 is 11.9 Å². The van der Waals surface area contributed by atoms with E-state index in [9.17, 15) is 9.59 Å². The quantitative estimate of drug-likeness (QED) is 0.624. The molecule has 0 radical (unpaired) electrons. The first-order valence-corrected chi connectivity index (χ1v) is 3.93. The lowest BCUT2D eigenvalue weighted by atomic mass is 10.0. The number of rotatable bonds is 2. The third kappa shape index (κ3) is 1.04. The van der Waals surface area contributed by atoms with Gasteiger partial charge in [-0.05, 0) is 6.42 Å². The lowest BCUT2D eigenvalue weighted by Gasteiger charge is -2.13. The molecule has 5 nitrogen and oxygen atoms in total. The van der Waals surface area contributed by atoms with Crippen molar-refractivity contribution in [2.24, 2.45) is 5.92 Å². The van der Waals surface area contributed by atoms with E-state index in [4.69, 9.17) is 14.9 Å². The minimum atomic E-state index is -1.18. The van der Waals surface area contributed by atoms with E-state index in [2.05, 4.69) is 0 Å². The summed E-state index contributed by atoms with van der Waals surface area (Å²) in [5.74, 6) is -2.54. The Morgan fingerprint density at radius 2 is 1.85 bits per heavy atom. The molecule has 70 valence electrons. The highest BCUT2D eigenvalue weighted by atomic mass is 16.5. The van der Waals surface area contributed by atoms with E-state index in [1.807, 2.05) is 0 Å². The van der Waals surface area contributed by atoms with Gasteiger partial charge in [0, 0.05) is 5.92 Å². The third-order valence-corrected chi connectivity index (χ3v) is 2.48. The summed E-state index contributed by atoms with van der Waals surface area (Å²) in [5, 5.41) is 17.5. The molecule has 1 aliphatic carbocycles. The van der Waals surface area contributed by atoms with Gasteiger partial charge in [-0.2, -0.15) is 0 Å². The fourth-order valence-corrected chi connectivity index (χ4v) is 1.97. The maximum absolute atomic E-state index is 10.7. The number of carbonyl (C=O) groups is 2. The van der Waals surface area contributed by atoms with Crippen LogP contribution in [-0.4, -0.2) is 34.9 Å². The van der Waals surface area contributed by atoms with Crippen LogP contribution < -0.4 is 0 Å². The second-order valence-corrected chi connectivity index (χ2v) is 3.19. The number of carboxylic acid groups (broad SMARTS) is 2. The van der Waals surface area contributed by atoms with Gasteiger partial charge in [0.2, 0.25) is 0 Å². The summed E-state index contributed by atoms with van der Waals surface area (Å²) in [5.41, 5.74) is -0.0347. The molecule has 2 aliphatic rings. The average molecular weight is 184 g/mol. The molecule has 1 aliphatic heterocycles. The van der Waals surface area contributed by atoms with Crippen LogP contribution in [0, 0.1) is 5.92 Å². The molecule has 5 heteroatoms. The van der Waals surface area contributed by atoms with E-state index in [0.717, 1.165) is 0 Å². The smallest absolute Gasteiger partial charge is 0.334 e. The fourth-order valence-electron chi connectivity index (χ4n) is 1.97. The summed E-state index contributed by atoms with van der Waals surface area (Å²) in [6.07, 6.45) is -0.00269. The first-order valence-electron chi connectivity index (χ1n) is 3.93. The molecule has 13 heavy (non-hydrogen) atoms. The Kier molecular flexibility index (Phi) is 1.63. The molecule has 1 heterocycles. The summed E-state index contributed by atoms with van der Waals surface area (Å²) in [6.45, 7) is 0.336. The van der Waals surface area contributed by atoms with E-state index in [0.29, 0.717) is 13.0 Å². The van der Waals surface area contributed by atoms with E-state index in [1.165, 1.54) is 0 Å². The maximum Gasteiger partial charge on any atom is 0.334 e. The van der Waals surface area contributed by atoms with Crippen LogP contribution in [0.1, 0.15) is 6.42 Å². The molecule has 0 spiro atoms. The lowest BCUT2D eigenvalue weighted by molar-refractivity contribution is -0.137. The van der Waals surface area contributed by atoms with Crippen molar-refractivity contribution >= 4 is 11.9 Å². The molecule has 0 aromatic rings. The minimum absolute atomic E-state index is 0.0313. The summed E-state index contributed by atoms with van der Waals surface area (Å²) in [7, 11) is 0. The van der Waals surface area contributed by atoms with Gasteiger partial charge in [0.1, 0.15) is 0 Å². The SMILES string of the molecule is O=C(O)C1=C(C(=O)O)C2CC1CO2. The van der Waals surface area contributed by atoms with Crippen molar-refractivity contribution in [1.82, 2.24) is 0 Å². The monoisotopic (exact) mass is 184 g/mol. The zero-order valence-electron chi connectivity index (χ0n) is 6.69. The van der Waals surface area contributed by atoms with E-state index in [1.54, 1.807) is 0 Å². The van der Waals surface area contributed by atoms with Crippen molar-refractivity contribution in [3.05, 3.63) is 11.1 Å². The van der Waals surface area contributed by atoms with Crippen LogP contribution >= 0.6 is 0 Å². The molecule has 2 rings (SSSR count). The largest absolute Gasteiger partial charge is 0.478 e. The van der Waals surface area contributed by atoms with Crippen molar-refractivity contribution in [3.8, 4) is 0 Å². The summed E-state index contributed by atoms with van der Waals surface area (Å²) < 4.78 is 5.10. The molecule has 0 saturated carbocycles. The molecule has 1 saturated heterocycles. The highest BCUT2D eigenvalue weighted by Crippen LogP contribution is 2.40. The Balaban J connectivity index is 2.46. The van der Waals surface area contributed by atoms with Gasteiger partial charge in [-0.15, -0.1) is 0 Å². The number of hydrogen-bond acceptors (Lipinski definition) is 3. The highest BCUT2D eigenvalue weighted by molar-refractivity contribution is 6.01. The van der Waals surface area contributed by atoms with Gasteiger partial charge in [-0.1, -0.05) is 0 Å². The molecule has 1 fully saturated rings. The highest BCUT2D eigenvalue weighted by Gasteiger charge is 2.46. The number of ether oxygens (including phenoxy) is 1. The maximum atomic E-state index is 10.7. The minimum Gasteiger partial charge on any atom is -0.478 e. The Labute approximate surface area is 73.6 Å². The molecular weight excluding hydrogens is 176 g/mol. The topological polar surface area (TPSA) is 83.8 Å². The van der Waals surface area contributed by atoms with Gasteiger partial charge in [0.05, 0.1) is 23.9 Å². The van der Waals surface area contributed by atoms with Crippen molar-refractivity contribution in [1.29, 1.82) is 0 Å². The predicted molar refractivity (Wildman–Crippen MR) is 40.1 cm³/mol. The van der Waals surface area contributed by atoms with E-state index >= 15 is 0 Å². The Morgan fingerprint density at radius 1 is 1.23 bits per heavy atom. The molecule has 2 bridgehead atoms.